The molecule has 2 aromatic carbocycles. The number of aliphatic carboxylic acids is 1. The third kappa shape index (κ3) is 3.82. The summed E-state index contributed by atoms with van der Waals surface area (Å²) in [5.41, 5.74) is 5.33. The Labute approximate surface area is 167 Å². The number of carbonyl (C=O) groups is 1. The molecule has 2 aromatic heterocycles. The number of carboxylic acids is 1. The van der Waals surface area contributed by atoms with Crippen molar-refractivity contribution < 1.29 is 9.90 Å². The molecular weight excluding hydrogens is 366 g/mol. The van der Waals surface area contributed by atoms with Crippen molar-refractivity contribution in [3.05, 3.63) is 99.1 Å². The normalized spacial score (nSPS) is 11.1. The van der Waals surface area contributed by atoms with Gasteiger partial charge in [-0.3, -0.25) is 9.59 Å². The molecule has 0 aliphatic rings. The smallest absolute Gasteiger partial charge is 0.323 e. The first kappa shape index (κ1) is 18.7. The second-order valence-corrected chi connectivity index (χ2v) is 7.10. The van der Waals surface area contributed by atoms with Crippen LogP contribution < -0.4 is 5.56 Å². The van der Waals surface area contributed by atoms with Crippen LogP contribution in [0.25, 0.3) is 10.9 Å². The number of rotatable bonds is 6. The highest BCUT2D eigenvalue weighted by atomic mass is 16.4. The highest BCUT2D eigenvalue weighted by Gasteiger charge is 2.18. The molecule has 29 heavy (non-hydrogen) atoms. The van der Waals surface area contributed by atoms with E-state index in [9.17, 15) is 14.7 Å². The fourth-order valence-electron chi connectivity index (χ4n) is 3.82. The molecule has 0 aliphatic carbocycles. The summed E-state index contributed by atoms with van der Waals surface area (Å²) in [7, 11) is 0. The topological polar surface area (TPSA) is 88.0 Å². The number of nitrogens with one attached hydrogen (secondary N) is 1. The molecule has 0 saturated carbocycles. The second-order valence-electron chi connectivity index (χ2n) is 7.10. The summed E-state index contributed by atoms with van der Waals surface area (Å²) in [5.74, 6) is -0.882. The zero-order valence-corrected chi connectivity index (χ0v) is 16.1. The van der Waals surface area contributed by atoms with E-state index < -0.39 is 5.97 Å². The van der Waals surface area contributed by atoms with E-state index in [1.807, 2.05) is 66.1 Å². The van der Waals surface area contributed by atoms with Gasteiger partial charge >= 0.3 is 5.97 Å². The SMILES string of the molecule is Cc1c(Cc2n[nH]c(=O)cc2Cc2ccccc2)c2ccccc2n1CC(=O)O. The van der Waals surface area contributed by atoms with Crippen LogP contribution in [0.1, 0.15) is 28.1 Å². The van der Waals surface area contributed by atoms with Crippen LogP contribution >= 0.6 is 0 Å². The number of hydrogen-bond donors (Lipinski definition) is 2. The fourth-order valence-corrected chi connectivity index (χ4v) is 3.82. The lowest BCUT2D eigenvalue weighted by atomic mass is 9.99. The standard InChI is InChI=1S/C23H21N3O3/c1-15-19(18-9-5-6-10-21(18)26(15)14-23(28)29)13-20-17(12-22(27)25-24-20)11-16-7-3-2-4-8-16/h2-10,12H,11,13-14H2,1H3,(H,25,27)(H,28,29). The molecule has 0 fully saturated rings. The van der Waals surface area contributed by atoms with E-state index in [4.69, 9.17) is 0 Å². The molecule has 2 heterocycles. The Morgan fingerprint density at radius 3 is 2.55 bits per heavy atom. The summed E-state index contributed by atoms with van der Waals surface area (Å²) in [5, 5.41) is 17.2. The Balaban J connectivity index is 1.79. The number of benzene rings is 2. The van der Waals surface area contributed by atoms with Crippen LogP contribution in [0, 0.1) is 6.92 Å². The summed E-state index contributed by atoms with van der Waals surface area (Å²) in [4.78, 5) is 23.3. The van der Waals surface area contributed by atoms with E-state index >= 15 is 0 Å². The van der Waals surface area contributed by atoms with Crippen molar-refractivity contribution in [1.82, 2.24) is 14.8 Å². The maximum Gasteiger partial charge on any atom is 0.323 e. The third-order valence-corrected chi connectivity index (χ3v) is 5.21. The Bertz CT molecular complexity index is 1240. The van der Waals surface area contributed by atoms with E-state index in [0.29, 0.717) is 12.8 Å². The maximum atomic E-state index is 11.9. The van der Waals surface area contributed by atoms with Gasteiger partial charge in [0.2, 0.25) is 0 Å². The van der Waals surface area contributed by atoms with Crippen LogP contribution in [-0.4, -0.2) is 25.8 Å². The van der Waals surface area contributed by atoms with Gasteiger partial charge in [-0.25, -0.2) is 5.10 Å². The van der Waals surface area contributed by atoms with Gasteiger partial charge < -0.3 is 9.67 Å². The molecule has 0 atom stereocenters. The van der Waals surface area contributed by atoms with E-state index in [-0.39, 0.29) is 12.1 Å². The molecule has 0 bridgehead atoms. The van der Waals surface area contributed by atoms with Crippen LogP contribution in [0.5, 0.6) is 0 Å². The summed E-state index contributed by atoms with van der Waals surface area (Å²) >= 11 is 0. The van der Waals surface area contributed by atoms with Crippen molar-refractivity contribution in [2.45, 2.75) is 26.3 Å². The van der Waals surface area contributed by atoms with E-state index in [1.54, 1.807) is 6.07 Å². The first-order valence-corrected chi connectivity index (χ1v) is 9.43. The Kier molecular flexibility index (Phi) is 4.99. The van der Waals surface area contributed by atoms with Crippen LogP contribution in [0.15, 0.2) is 65.5 Å². The number of para-hydroxylation sites is 1. The van der Waals surface area contributed by atoms with Crippen LogP contribution in [0.2, 0.25) is 0 Å². The van der Waals surface area contributed by atoms with Gasteiger partial charge in [0, 0.05) is 29.1 Å². The second kappa shape index (κ2) is 7.75. The lowest BCUT2D eigenvalue weighted by Gasteiger charge is -2.09. The lowest BCUT2D eigenvalue weighted by Crippen LogP contribution is -2.14. The molecule has 0 spiro atoms. The highest BCUT2D eigenvalue weighted by molar-refractivity contribution is 5.87. The van der Waals surface area contributed by atoms with Gasteiger partial charge in [-0.15, -0.1) is 0 Å². The monoisotopic (exact) mass is 387 g/mol. The van der Waals surface area contributed by atoms with Gasteiger partial charge in [0.05, 0.1) is 5.69 Å². The van der Waals surface area contributed by atoms with Crippen molar-refractivity contribution in [3.63, 3.8) is 0 Å². The molecule has 2 N–H and O–H groups in total. The number of hydrogen-bond acceptors (Lipinski definition) is 3. The minimum Gasteiger partial charge on any atom is -0.480 e. The molecule has 6 heteroatoms. The summed E-state index contributed by atoms with van der Waals surface area (Å²) in [6.07, 6.45) is 1.12. The number of H-pyrrole nitrogens is 1. The molecule has 146 valence electrons. The number of fused-ring (bicyclic) bond motifs is 1. The van der Waals surface area contributed by atoms with E-state index in [2.05, 4.69) is 10.2 Å². The Morgan fingerprint density at radius 1 is 1.07 bits per heavy atom. The van der Waals surface area contributed by atoms with Crippen molar-refractivity contribution >= 4 is 16.9 Å². The van der Waals surface area contributed by atoms with Crippen molar-refractivity contribution in [2.24, 2.45) is 0 Å². The molecule has 0 unspecified atom stereocenters. The number of carboxylic acid groups (broad SMARTS) is 1. The molecule has 0 radical (unpaired) electrons. The number of aromatic nitrogens is 3. The molecule has 0 aliphatic heterocycles. The Morgan fingerprint density at radius 2 is 1.79 bits per heavy atom. The highest BCUT2D eigenvalue weighted by Crippen LogP contribution is 2.28. The number of nitrogens with zero attached hydrogens (tertiary/aromatic N) is 2. The average Bonchev–Trinajstić information content (AvgIpc) is 2.96. The zero-order valence-electron chi connectivity index (χ0n) is 16.1. The van der Waals surface area contributed by atoms with Gasteiger partial charge in [-0.2, -0.15) is 5.10 Å². The third-order valence-electron chi connectivity index (χ3n) is 5.21. The minimum absolute atomic E-state index is 0.0950. The molecule has 4 rings (SSSR count). The van der Waals surface area contributed by atoms with Crippen molar-refractivity contribution in [2.75, 3.05) is 0 Å². The largest absolute Gasteiger partial charge is 0.480 e. The first-order chi connectivity index (χ1) is 14.0. The quantitative estimate of drug-likeness (QED) is 0.531. The molecule has 0 saturated heterocycles. The van der Waals surface area contributed by atoms with E-state index in [0.717, 1.165) is 39.0 Å². The van der Waals surface area contributed by atoms with Gasteiger partial charge in [-0.1, -0.05) is 48.5 Å². The summed E-state index contributed by atoms with van der Waals surface area (Å²) in [6, 6.07) is 19.3. The van der Waals surface area contributed by atoms with Crippen molar-refractivity contribution in [1.29, 1.82) is 0 Å². The number of aromatic amines is 1. The lowest BCUT2D eigenvalue weighted by molar-refractivity contribution is -0.137. The average molecular weight is 387 g/mol. The Hall–Kier alpha value is -3.67. The van der Waals surface area contributed by atoms with Gasteiger partial charge in [0.15, 0.2) is 0 Å². The zero-order chi connectivity index (χ0) is 20.4. The van der Waals surface area contributed by atoms with Crippen LogP contribution in [0.4, 0.5) is 0 Å². The molecular formula is C23H21N3O3. The van der Waals surface area contributed by atoms with Crippen molar-refractivity contribution in [3.8, 4) is 0 Å². The van der Waals surface area contributed by atoms with E-state index in [1.165, 1.54) is 0 Å². The minimum atomic E-state index is -0.882. The van der Waals surface area contributed by atoms with Gasteiger partial charge in [-0.05, 0) is 36.1 Å². The maximum absolute atomic E-state index is 11.9. The summed E-state index contributed by atoms with van der Waals surface area (Å²) < 4.78 is 1.82. The first-order valence-electron chi connectivity index (χ1n) is 9.43. The fraction of sp³-hybridized carbons (Fsp3) is 0.174. The van der Waals surface area contributed by atoms with Crippen LogP contribution in [0.3, 0.4) is 0 Å². The van der Waals surface area contributed by atoms with Gasteiger partial charge in [0.25, 0.3) is 5.56 Å². The van der Waals surface area contributed by atoms with Crippen LogP contribution in [-0.2, 0) is 24.2 Å². The predicted molar refractivity (Wildman–Crippen MR) is 111 cm³/mol. The molecule has 6 nitrogen and oxygen atoms in total. The molecule has 4 aromatic rings. The molecule has 0 amide bonds. The summed E-state index contributed by atoms with van der Waals surface area (Å²) in [6.45, 7) is 1.84. The predicted octanol–water partition coefficient (Wildman–Crippen LogP) is 3.30. The van der Waals surface area contributed by atoms with Gasteiger partial charge in [0.1, 0.15) is 6.54 Å².